The summed E-state index contributed by atoms with van der Waals surface area (Å²) in [5.41, 5.74) is 5.23. The average molecular weight is 649 g/mol. The second kappa shape index (κ2) is 14.2. The van der Waals surface area contributed by atoms with Crippen molar-refractivity contribution in [2.24, 2.45) is 5.41 Å². The third kappa shape index (κ3) is 7.73. The van der Waals surface area contributed by atoms with Gasteiger partial charge in [-0.15, -0.1) is 0 Å². The zero-order valence-electron chi connectivity index (χ0n) is 26.9. The summed E-state index contributed by atoms with van der Waals surface area (Å²) in [5.74, 6) is 3.03. The number of anilines is 2. The number of benzene rings is 3. The molecule has 0 fully saturated rings. The van der Waals surface area contributed by atoms with Gasteiger partial charge >= 0.3 is 0 Å². The van der Waals surface area contributed by atoms with Crippen LogP contribution in [-0.4, -0.2) is 48.4 Å². The maximum Gasteiger partial charge on any atom is 0.228 e. The molecule has 3 heterocycles. The molecule has 0 aliphatic carbocycles. The van der Waals surface area contributed by atoms with E-state index in [-0.39, 0.29) is 23.2 Å². The second-order valence-corrected chi connectivity index (χ2v) is 14.0. The lowest BCUT2D eigenvalue weighted by Gasteiger charge is -2.21. The molecule has 10 heteroatoms. The van der Waals surface area contributed by atoms with Gasteiger partial charge in [-0.2, -0.15) is 0 Å². The molecule has 1 amide bonds. The number of aliphatic hydroxyl groups is 1. The fourth-order valence-corrected chi connectivity index (χ4v) is 7.12. The zero-order chi connectivity index (χ0) is 32.8. The summed E-state index contributed by atoms with van der Waals surface area (Å²) in [6, 6.07) is 29.1. The predicted molar refractivity (Wildman–Crippen MR) is 190 cm³/mol. The molecular weight excluding hydrogens is 609 g/mol. The Labute approximate surface area is 278 Å². The Morgan fingerprint density at radius 3 is 2.45 bits per heavy atom. The fourth-order valence-electron chi connectivity index (χ4n) is 5.27. The number of amides is 1. The molecule has 3 aromatic carbocycles. The van der Waals surface area contributed by atoms with Gasteiger partial charge in [-0.1, -0.05) is 71.3 Å². The van der Waals surface area contributed by atoms with Gasteiger partial charge in [0, 0.05) is 36.1 Å². The number of allylic oxidation sites excluding steroid dienone is 1. The van der Waals surface area contributed by atoms with Gasteiger partial charge in [-0.3, -0.25) is 4.79 Å². The van der Waals surface area contributed by atoms with Crippen LogP contribution in [-0.2, 0) is 23.6 Å². The third-order valence-electron chi connectivity index (χ3n) is 8.03. The Morgan fingerprint density at radius 2 is 1.72 bits per heavy atom. The first kappa shape index (κ1) is 32.0. The monoisotopic (exact) mass is 648 g/mol. The van der Waals surface area contributed by atoms with Crippen molar-refractivity contribution in [3.8, 4) is 5.75 Å². The third-order valence-corrected chi connectivity index (χ3v) is 10.00. The van der Waals surface area contributed by atoms with Crippen molar-refractivity contribution >= 4 is 44.5 Å². The molecule has 1 aliphatic heterocycles. The highest BCUT2D eigenvalue weighted by molar-refractivity contribution is 8.12. The lowest BCUT2D eigenvalue weighted by molar-refractivity contribution is -0.131. The number of nitrogens with one attached hydrogen (secondary N) is 2. The Morgan fingerprint density at radius 1 is 0.979 bits per heavy atom. The fraction of sp³-hybridized carbons (Fsp3) is 0.243. The first-order valence-electron chi connectivity index (χ1n) is 15.6. The Hall–Kier alpha value is -4.93. The van der Waals surface area contributed by atoms with E-state index in [1.54, 1.807) is 20.2 Å². The van der Waals surface area contributed by atoms with Crippen LogP contribution < -0.4 is 15.4 Å². The second-order valence-electron chi connectivity index (χ2n) is 12.2. The van der Waals surface area contributed by atoms with Crippen LogP contribution >= 0.6 is 10.7 Å². The normalized spacial score (nSPS) is 14.5. The van der Waals surface area contributed by atoms with Gasteiger partial charge in [0.15, 0.2) is 11.6 Å². The van der Waals surface area contributed by atoms with Crippen LogP contribution in [0.3, 0.4) is 0 Å². The van der Waals surface area contributed by atoms with E-state index in [9.17, 15) is 9.90 Å². The highest BCUT2D eigenvalue weighted by Crippen LogP contribution is 2.35. The van der Waals surface area contributed by atoms with Crippen LogP contribution in [0.2, 0.25) is 0 Å². The smallest absolute Gasteiger partial charge is 0.228 e. The number of carbonyl (C=O) groups is 1. The van der Waals surface area contributed by atoms with Crippen LogP contribution in [0.25, 0.3) is 11.0 Å². The summed E-state index contributed by atoms with van der Waals surface area (Å²) in [6.07, 6.45) is 5.61. The minimum absolute atomic E-state index is 0.153. The molecule has 2 aromatic heterocycles. The molecule has 9 nitrogen and oxygen atoms in total. The van der Waals surface area contributed by atoms with Crippen molar-refractivity contribution in [1.82, 2.24) is 24.2 Å². The largest absolute Gasteiger partial charge is 0.455 e. The van der Waals surface area contributed by atoms with Gasteiger partial charge in [-0.05, 0) is 61.7 Å². The van der Waals surface area contributed by atoms with E-state index in [0.29, 0.717) is 18.9 Å². The first-order chi connectivity index (χ1) is 22.8. The van der Waals surface area contributed by atoms with E-state index in [1.165, 1.54) is 11.1 Å². The first-order valence-corrected chi connectivity index (χ1v) is 17.1. The van der Waals surface area contributed by atoms with Crippen LogP contribution in [0.4, 0.5) is 11.5 Å². The number of fused-ring (bicyclic) bond motifs is 1. The topological polar surface area (TPSA) is 105 Å². The SMILES string of the molecule is Cc1cc(Nc2ncnc3ccn(CCNC(=O)C(C)(C)CO)c23)ccc1OC1=CN(Cc2ccccc2)S(Cc2ccccc2)=C1. The molecule has 0 radical (unpaired) electrons. The van der Waals surface area contributed by atoms with E-state index in [0.717, 1.165) is 46.1 Å². The summed E-state index contributed by atoms with van der Waals surface area (Å²) in [6.45, 7) is 7.01. The molecule has 5 aromatic rings. The Balaban J connectivity index is 1.16. The number of carbonyl (C=O) groups excluding carboxylic acids is 1. The van der Waals surface area contributed by atoms with Crippen LogP contribution in [0.5, 0.6) is 5.75 Å². The van der Waals surface area contributed by atoms with Crippen molar-refractivity contribution in [3.05, 3.63) is 126 Å². The van der Waals surface area contributed by atoms with Crippen molar-refractivity contribution in [2.75, 3.05) is 18.5 Å². The van der Waals surface area contributed by atoms with Crippen LogP contribution in [0.15, 0.2) is 109 Å². The summed E-state index contributed by atoms with van der Waals surface area (Å²) in [4.78, 5) is 21.4. The summed E-state index contributed by atoms with van der Waals surface area (Å²) < 4.78 is 10.9. The van der Waals surface area contributed by atoms with Gasteiger partial charge in [0.25, 0.3) is 0 Å². The number of aromatic nitrogens is 3. The molecule has 1 unspecified atom stereocenters. The summed E-state index contributed by atoms with van der Waals surface area (Å²) in [7, 11) is -0.153. The minimum Gasteiger partial charge on any atom is -0.455 e. The number of aliphatic hydroxyl groups excluding tert-OH is 1. The minimum atomic E-state index is -0.833. The van der Waals surface area contributed by atoms with Crippen LogP contribution in [0, 0.1) is 12.3 Å². The van der Waals surface area contributed by atoms with E-state index in [2.05, 4.69) is 97.1 Å². The lowest BCUT2D eigenvalue weighted by atomic mass is 9.94. The standard InChI is InChI=1S/C37H40N6O3S/c1-27-20-30(41-35-34-32(39-26-40-35)16-18-42(34)19-17-38-36(45)37(2,3)25-44)14-15-33(27)46-31-22-43(21-28-10-6-4-7-11-28)47(24-31)23-29-12-8-5-9-13-29/h4-16,18,20,22,24,26,44H,17,19,21,23,25H2,1-3H3,(H,38,45)(H,39,40,41). The summed E-state index contributed by atoms with van der Waals surface area (Å²) in [5, 5.41) is 18.1. The number of rotatable bonds is 13. The van der Waals surface area contributed by atoms with Crippen molar-refractivity contribution in [2.45, 2.75) is 39.6 Å². The quantitative estimate of drug-likeness (QED) is 0.125. The molecule has 0 bridgehead atoms. The Kier molecular flexibility index (Phi) is 9.70. The molecule has 242 valence electrons. The maximum absolute atomic E-state index is 12.4. The number of nitrogens with zero attached hydrogens (tertiary/aromatic N) is 4. The molecule has 0 saturated heterocycles. The van der Waals surface area contributed by atoms with Crippen LogP contribution in [0.1, 0.15) is 30.5 Å². The molecular formula is C37H40N6O3S. The van der Waals surface area contributed by atoms with E-state index < -0.39 is 5.41 Å². The average Bonchev–Trinajstić information content (AvgIpc) is 3.67. The number of aryl methyl sites for hydroxylation is 1. The van der Waals surface area contributed by atoms with E-state index >= 15 is 0 Å². The van der Waals surface area contributed by atoms with Gasteiger partial charge < -0.3 is 29.3 Å². The van der Waals surface area contributed by atoms with E-state index in [1.807, 2.05) is 42.0 Å². The molecule has 1 atom stereocenters. The molecule has 47 heavy (non-hydrogen) atoms. The van der Waals surface area contributed by atoms with Gasteiger partial charge in [-0.25, -0.2) is 9.97 Å². The lowest BCUT2D eigenvalue weighted by Crippen LogP contribution is -2.40. The number of hydrogen-bond donors (Lipinski definition) is 3. The molecule has 0 saturated carbocycles. The molecule has 6 rings (SSSR count). The number of hydrogen-bond acceptors (Lipinski definition) is 7. The van der Waals surface area contributed by atoms with Gasteiger partial charge in [0.1, 0.15) is 17.6 Å². The van der Waals surface area contributed by atoms with Gasteiger partial charge in [0.2, 0.25) is 5.91 Å². The highest BCUT2D eigenvalue weighted by atomic mass is 32.2. The molecule has 0 spiro atoms. The van der Waals surface area contributed by atoms with E-state index in [4.69, 9.17) is 4.74 Å². The van der Waals surface area contributed by atoms with Crippen molar-refractivity contribution < 1.29 is 14.6 Å². The van der Waals surface area contributed by atoms with Crippen molar-refractivity contribution in [3.63, 3.8) is 0 Å². The predicted octanol–water partition coefficient (Wildman–Crippen LogP) is 6.54. The number of ether oxygens (including phenoxy) is 1. The highest BCUT2D eigenvalue weighted by Gasteiger charge is 2.26. The summed E-state index contributed by atoms with van der Waals surface area (Å²) >= 11 is 0. The Bertz CT molecular complexity index is 1920. The zero-order valence-corrected chi connectivity index (χ0v) is 27.7. The van der Waals surface area contributed by atoms with Gasteiger partial charge in [0.05, 0.1) is 30.3 Å². The molecule has 3 N–H and O–H groups in total. The molecule has 1 aliphatic rings. The maximum atomic E-state index is 12.4. The van der Waals surface area contributed by atoms with Crippen molar-refractivity contribution in [1.29, 1.82) is 0 Å².